The first kappa shape index (κ1) is 21.8. The van der Waals surface area contributed by atoms with Crippen LogP contribution in [0.1, 0.15) is 17.7 Å². The van der Waals surface area contributed by atoms with Gasteiger partial charge in [0.05, 0.1) is 11.7 Å². The molecule has 8 heteroatoms. The summed E-state index contributed by atoms with van der Waals surface area (Å²) in [4.78, 5) is 8.82. The van der Waals surface area contributed by atoms with Crippen molar-refractivity contribution in [3.8, 4) is 22.9 Å². The number of aromatic nitrogens is 2. The zero-order chi connectivity index (χ0) is 22.8. The molecule has 1 aliphatic heterocycles. The molecule has 3 N–H and O–H groups in total. The van der Waals surface area contributed by atoms with E-state index in [1.54, 1.807) is 30.5 Å². The van der Waals surface area contributed by atoms with Crippen molar-refractivity contribution in [3.05, 3.63) is 71.8 Å². The van der Waals surface area contributed by atoms with Crippen LogP contribution in [0.3, 0.4) is 0 Å². The van der Waals surface area contributed by atoms with Crippen LogP contribution in [0.5, 0.6) is 11.5 Å². The van der Waals surface area contributed by atoms with Gasteiger partial charge in [0, 0.05) is 37.0 Å². The van der Waals surface area contributed by atoms with E-state index >= 15 is 0 Å². The van der Waals surface area contributed by atoms with Crippen LogP contribution in [0.25, 0.3) is 11.4 Å². The highest BCUT2D eigenvalue weighted by molar-refractivity contribution is 5.55. The SMILES string of the molecule is OCC1C(O)CC(NCc2ccc3c(c2)OCO3)C1Cc1ccnc(-c2ccccc2F)n1. The summed E-state index contributed by atoms with van der Waals surface area (Å²) in [6.07, 6.45) is 2.08. The molecule has 4 unspecified atom stereocenters. The van der Waals surface area contributed by atoms with Gasteiger partial charge in [-0.2, -0.15) is 0 Å². The first-order chi connectivity index (χ1) is 16.1. The maximum absolute atomic E-state index is 14.2. The van der Waals surface area contributed by atoms with E-state index in [9.17, 15) is 14.6 Å². The molecule has 0 spiro atoms. The minimum Gasteiger partial charge on any atom is -0.454 e. The number of fused-ring (bicyclic) bond motifs is 1. The molecular formula is C25H26FN3O4. The second-order valence-corrected chi connectivity index (χ2v) is 8.54. The summed E-state index contributed by atoms with van der Waals surface area (Å²) in [5.41, 5.74) is 2.14. The third kappa shape index (κ3) is 4.55. The number of benzene rings is 2. The van der Waals surface area contributed by atoms with E-state index in [2.05, 4.69) is 15.3 Å². The van der Waals surface area contributed by atoms with Gasteiger partial charge in [0.2, 0.25) is 6.79 Å². The molecule has 2 aliphatic rings. The molecule has 3 aromatic rings. The molecule has 1 fully saturated rings. The van der Waals surface area contributed by atoms with Crippen molar-refractivity contribution in [2.45, 2.75) is 31.5 Å². The second kappa shape index (κ2) is 9.43. The number of aliphatic hydroxyl groups is 2. The molecule has 4 atom stereocenters. The Bertz CT molecular complexity index is 1130. The molecule has 1 aromatic heterocycles. The molecule has 0 saturated heterocycles. The molecule has 2 aromatic carbocycles. The molecular weight excluding hydrogens is 425 g/mol. The Morgan fingerprint density at radius 2 is 1.91 bits per heavy atom. The van der Waals surface area contributed by atoms with Crippen LogP contribution < -0.4 is 14.8 Å². The molecule has 0 radical (unpaired) electrons. The molecule has 1 saturated carbocycles. The van der Waals surface area contributed by atoms with Crippen molar-refractivity contribution < 1.29 is 24.1 Å². The molecule has 2 heterocycles. The average Bonchev–Trinajstić information content (AvgIpc) is 3.41. The van der Waals surface area contributed by atoms with Gasteiger partial charge in [-0.15, -0.1) is 0 Å². The topological polar surface area (TPSA) is 96.7 Å². The normalized spacial score (nSPS) is 23.7. The molecule has 7 nitrogen and oxygen atoms in total. The summed E-state index contributed by atoms with van der Waals surface area (Å²) in [5, 5.41) is 24.1. The van der Waals surface area contributed by atoms with E-state index in [0.29, 0.717) is 30.8 Å². The standard InChI is InChI=1S/C25H26FN3O4/c26-20-4-2-1-3-17(20)25-27-8-7-16(29-25)10-18-19(13-30)22(31)11-21(18)28-12-15-5-6-23-24(9-15)33-14-32-23/h1-9,18-19,21-22,28,30-31H,10-14H2. The summed E-state index contributed by atoms with van der Waals surface area (Å²) in [6.45, 7) is 0.710. The first-order valence-electron chi connectivity index (χ1n) is 11.1. The summed E-state index contributed by atoms with van der Waals surface area (Å²) < 4.78 is 25.0. The van der Waals surface area contributed by atoms with Crippen LogP contribution >= 0.6 is 0 Å². The summed E-state index contributed by atoms with van der Waals surface area (Å²) in [7, 11) is 0. The van der Waals surface area contributed by atoms with Crippen LogP contribution in [0.15, 0.2) is 54.7 Å². The van der Waals surface area contributed by atoms with Crippen LogP contribution in [-0.4, -0.2) is 45.7 Å². The number of nitrogens with one attached hydrogen (secondary N) is 1. The highest BCUT2D eigenvalue weighted by Gasteiger charge is 2.42. The lowest BCUT2D eigenvalue weighted by Gasteiger charge is -2.25. The minimum atomic E-state index is -0.609. The fraction of sp³-hybridized carbons (Fsp3) is 0.360. The van der Waals surface area contributed by atoms with Gasteiger partial charge in [-0.3, -0.25) is 0 Å². The number of halogens is 1. The van der Waals surface area contributed by atoms with E-state index < -0.39 is 6.10 Å². The number of nitrogens with zero attached hydrogens (tertiary/aromatic N) is 2. The highest BCUT2D eigenvalue weighted by Crippen LogP contribution is 2.36. The summed E-state index contributed by atoms with van der Waals surface area (Å²) in [6, 6.07) is 14.0. The van der Waals surface area contributed by atoms with Gasteiger partial charge < -0.3 is 25.0 Å². The van der Waals surface area contributed by atoms with Gasteiger partial charge in [-0.25, -0.2) is 14.4 Å². The Balaban J connectivity index is 1.33. The molecule has 0 bridgehead atoms. The van der Waals surface area contributed by atoms with Crippen molar-refractivity contribution in [1.82, 2.24) is 15.3 Å². The fourth-order valence-corrected chi connectivity index (χ4v) is 4.80. The van der Waals surface area contributed by atoms with Crippen molar-refractivity contribution in [2.75, 3.05) is 13.4 Å². The lowest BCUT2D eigenvalue weighted by atomic mass is 9.88. The molecule has 5 rings (SSSR count). The van der Waals surface area contributed by atoms with E-state index in [1.165, 1.54) is 6.07 Å². The number of aliphatic hydroxyl groups excluding tert-OH is 2. The first-order valence-corrected chi connectivity index (χ1v) is 11.1. The fourth-order valence-electron chi connectivity index (χ4n) is 4.80. The summed E-state index contributed by atoms with van der Waals surface area (Å²) >= 11 is 0. The Hall–Kier alpha value is -3.07. The minimum absolute atomic E-state index is 0.0190. The monoisotopic (exact) mass is 451 g/mol. The number of rotatable bonds is 7. The largest absolute Gasteiger partial charge is 0.454 e. The van der Waals surface area contributed by atoms with Gasteiger partial charge >= 0.3 is 0 Å². The second-order valence-electron chi connectivity index (χ2n) is 8.54. The average molecular weight is 451 g/mol. The predicted molar refractivity (Wildman–Crippen MR) is 119 cm³/mol. The maximum atomic E-state index is 14.2. The third-order valence-corrected chi connectivity index (χ3v) is 6.55. The van der Waals surface area contributed by atoms with Crippen molar-refractivity contribution in [3.63, 3.8) is 0 Å². The van der Waals surface area contributed by atoms with Crippen LogP contribution in [0.2, 0.25) is 0 Å². The quantitative estimate of drug-likeness (QED) is 0.508. The van der Waals surface area contributed by atoms with Gasteiger partial charge in [0.1, 0.15) is 5.82 Å². The molecule has 33 heavy (non-hydrogen) atoms. The summed E-state index contributed by atoms with van der Waals surface area (Å²) in [5.74, 6) is 1.11. The van der Waals surface area contributed by atoms with E-state index in [0.717, 1.165) is 22.8 Å². The smallest absolute Gasteiger partial charge is 0.231 e. The Morgan fingerprint density at radius 3 is 2.76 bits per heavy atom. The van der Waals surface area contributed by atoms with Crippen molar-refractivity contribution in [2.24, 2.45) is 11.8 Å². The van der Waals surface area contributed by atoms with E-state index in [-0.39, 0.29) is 37.1 Å². The lowest BCUT2D eigenvalue weighted by molar-refractivity contribution is 0.0716. The number of hydrogen-bond donors (Lipinski definition) is 3. The van der Waals surface area contributed by atoms with Gasteiger partial charge in [0.25, 0.3) is 0 Å². The zero-order valence-electron chi connectivity index (χ0n) is 18.0. The molecule has 172 valence electrons. The molecule has 0 amide bonds. The Labute approximate surface area is 191 Å². The highest BCUT2D eigenvalue weighted by atomic mass is 19.1. The molecule has 1 aliphatic carbocycles. The Morgan fingerprint density at radius 1 is 1.06 bits per heavy atom. The number of ether oxygens (including phenoxy) is 2. The van der Waals surface area contributed by atoms with Gasteiger partial charge in [0.15, 0.2) is 17.3 Å². The third-order valence-electron chi connectivity index (χ3n) is 6.55. The maximum Gasteiger partial charge on any atom is 0.231 e. The lowest BCUT2D eigenvalue weighted by Crippen LogP contribution is -2.36. The van der Waals surface area contributed by atoms with Gasteiger partial charge in [-0.05, 0) is 54.7 Å². The van der Waals surface area contributed by atoms with Crippen LogP contribution in [-0.2, 0) is 13.0 Å². The van der Waals surface area contributed by atoms with Crippen molar-refractivity contribution >= 4 is 0 Å². The van der Waals surface area contributed by atoms with Crippen molar-refractivity contribution in [1.29, 1.82) is 0 Å². The number of hydrogen-bond acceptors (Lipinski definition) is 7. The van der Waals surface area contributed by atoms with Crippen LogP contribution in [0, 0.1) is 17.7 Å². The Kier molecular flexibility index (Phi) is 6.22. The zero-order valence-corrected chi connectivity index (χ0v) is 18.0. The van der Waals surface area contributed by atoms with E-state index in [4.69, 9.17) is 9.47 Å². The van der Waals surface area contributed by atoms with Gasteiger partial charge in [-0.1, -0.05) is 18.2 Å². The van der Waals surface area contributed by atoms with E-state index in [1.807, 2.05) is 18.2 Å². The van der Waals surface area contributed by atoms with Crippen LogP contribution in [0.4, 0.5) is 4.39 Å². The predicted octanol–water partition coefficient (Wildman–Crippen LogP) is 2.70.